The third kappa shape index (κ3) is 4.11. The molecule has 0 bridgehead atoms. The van der Waals surface area contributed by atoms with Crippen LogP contribution in [0.2, 0.25) is 0 Å². The van der Waals surface area contributed by atoms with Crippen molar-refractivity contribution in [2.24, 2.45) is 0 Å². The Balaban J connectivity index is 1.45. The monoisotopic (exact) mass is 426 g/mol. The molecule has 166 valence electrons. The Morgan fingerprint density at radius 2 is 1.84 bits per heavy atom. The van der Waals surface area contributed by atoms with Gasteiger partial charge in [-0.1, -0.05) is 30.3 Å². The van der Waals surface area contributed by atoms with Crippen molar-refractivity contribution in [3.63, 3.8) is 0 Å². The predicted octanol–water partition coefficient (Wildman–Crippen LogP) is 2.61. The maximum absolute atomic E-state index is 10.6. The molecule has 5 rings (SSSR count). The second kappa shape index (κ2) is 8.52. The number of fused-ring (bicyclic) bond motifs is 1. The van der Waals surface area contributed by atoms with Crippen LogP contribution >= 0.6 is 0 Å². The van der Waals surface area contributed by atoms with E-state index in [1.54, 1.807) is 0 Å². The molecule has 0 unspecified atom stereocenters. The van der Waals surface area contributed by atoms with E-state index < -0.39 is 30.7 Å². The highest BCUT2D eigenvalue weighted by molar-refractivity contribution is 5.44. The minimum atomic E-state index is -1.34. The van der Waals surface area contributed by atoms with Gasteiger partial charge in [0.15, 0.2) is 6.29 Å². The molecule has 1 saturated heterocycles. The molecule has 6 heteroatoms. The molecular weight excluding hydrogens is 396 g/mol. The topological polar surface area (TPSA) is 88.4 Å². The van der Waals surface area contributed by atoms with Crippen LogP contribution in [0.3, 0.4) is 0 Å². The van der Waals surface area contributed by atoms with Crippen LogP contribution in [0.4, 0.5) is 0 Å². The van der Waals surface area contributed by atoms with Gasteiger partial charge in [0.05, 0.1) is 6.61 Å². The maximum Gasteiger partial charge on any atom is 0.186 e. The molecule has 0 spiro atoms. The quantitative estimate of drug-likeness (QED) is 0.681. The summed E-state index contributed by atoms with van der Waals surface area (Å²) in [5.41, 5.74) is 5.83. The Labute approximate surface area is 182 Å². The van der Waals surface area contributed by atoms with Gasteiger partial charge in [-0.25, -0.2) is 0 Å². The molecule has 6 nitrogen and oxygen atoms in total. The van der Waals surface area contributed by atoms with Crippen molar-refractivity contribution in [3.8, 4) is 5.75 Å². The standard InChI is InChI=1S/C25H30O6/c1-29-25-23(28)21(26)22(27)24(31-25)17-7-8-19(15-5-6-15)18(13-17)12-14-4-9-20-16(11-14)3-2-10-30-20/h4,7-9,11,13,15,21-28H,2-3,5-6,10,12H2,1H3/t21-,22-,23+,24+,25+/m1/s1. The van der Waals surface area contributed by atoms with Crippen molar-refractivity contribution in [3.05, 3.63) is 64.2 Å². The van der Waals surface area contributed by atoms with Crippen LogP contribution < -0.4 is 4.74 Å². The highest BCUT2D eigenvalue weighted by Gasteiger charge is 2.44. The van der Waals surface area contributed by atoms with Gasteiger partial charge in [-0.3, -0.25) is 0 Å². The smallest absolute Gasteiger partial charge is 0.186 e. The number of aliphatic hydroxyl groups is 3. The number of hydrogen-bond acceptors (Lipinski definition) is 6. The maximum atomic E-state index is 10.6. The number of rotatable bonds is 5. The first-order valence-electron chi connectivity index (χ1n) is 11.1. The van der Waals surface area contributed by atoms with Gasteiger partial charge in [-0.15, -0.1) is 0 Å². The molecule has 0 radical (unpaired) electrons. The van der Waals surface area contributed by atoms with Gasteiger partial charge >= 0.3 is 0 Å². The average Bonchev–Trinajstić information content (AvgIpc) is 3.63. The van der Waals surface area contributed by atoms with Crippen LogP contribution in [0.5, 0.6) is 5.75 Å². The molecular formula is C25H30O6. The van der Waals surface area contributed by atoms with E-state index in [-0.39, 0.29) is 0 Å². The summed E-state index contributed by atoms with van der Waals surface area (Å²) in [6.07, 6.45) is -0.355. The lowest BCUT2D eigenvalue weighted by atomic mass is 9.89. The zero-order valence-corrected chi connectivity index (χ0v) is 17.7. The first kappa shape index (κ1) is 20.9. The molecule has 2 aromatic rings. The second-order valence-corrected chi connectivity index (χ2v) is 8.94. The first-order valence-corrected chi connectivity index (χ1v) is 11.1. The molecule has 31 heavy (non-hydrogen) atoms. The largest absolute Gasteiger partial charge is 0.493 e. The van der Waals surface area contributed by atoms with E-state index >= 15 is 0 Å². The van der Waals surface area contributed by atoms with E-state index in [9.17, 15) is 15.3 Å². The Hall–Kier alpha value is -1.96. The van der Waals surface area contributed by atoms with Gasteiger partial charge in [-0.05, 0) is 71.9 Å². The Morgan fingerprint density at radius 1 is 1.00 bits per heavy atom. The lowest BCUT2D eigenvalue weighted by molar-refractivity contribution is -0.292. The number of ether oxygens (including phenoxy) is 3. The fourth-order valence-corrected chi connectivity index (χ4v) is 4.81. The van der Waals surface area contributed by atoms with Crippen LogP contribution in [-0.4, -0.2) is 53.6 Å². The lowest BCUT2D eigenvalue weighted by Gasteiger charge is -2.40. The van der Waals surface area contributed by atoms with Gasteiger partial charge < -0.3 is 29.5 Å². The van der Waals surface area contributed by atoms with Crippen LogP contribution in [-0.2, 0) is 22.3 Å². The molecule has 2 aliphatic heterocycles. The minimum Gasteiger partial charge on any atom is -0.493 e. The SMILES string of the molecule is CO[C@H]1O[C@@H](c2ccc(C3CC3)c(Cc3ccc4c(c3)CCCO4)c2)[C@H](O)[C@@H](O)[C@@H]1O. The Bertz CT molecular complexity index is 938. The first-order chi connectivity index (χ1) is 15.0. The zero-order valence-electron chi connectivity index (χ0n) is 17.7. The number of aliphatic hydroxyl groups excluding tert-OH is 3. The highest BCUT2D eigenvalue weighted by Crippen LogP contribution is 2.43. The van der Waals surface area contributed by atoms with Gasteiger partial charge in [0.2, 0.25) is 0 Å². The zero-order chi connectivity index (χ0) is 21.5. The van der Waals surface area contributed by atoms with Crippen molar-refractivity contribution in [2.45, 2.75) is 68.7 Å². The van der Waals surface area contributed by atoms with E-state index in [0.717, 1.165) is 37.2 Å². The lowest BCUT2D eigenvalue weighted by Crippen LogP contribution is -2.54. The Morgan fingerprint density at radius 3 is 2.61 bits per heavy atom. The number of hydrogen-bond donors (Lipinski definition) is 3. The normalized spacial score (nSPS) is 30.5. The van der Waals surface area contributed by atoms with E-state index in [1.807, 2.05) is 6.07 Å². The van der Waals surface area contributed by atoms with E-state index in [2.05, 4.69) is 30.3 Å². The van der Waals surface area contributed by atoms with E-state index in [1.165, 1.54) is 42.2 Å². The predicted molar refractivity (Wildman–Crippen MR) is 114 cm³/mol. The summed E-state index contributed by atoms with van der Waals surface area (Å²) < 4.78 is 16.7. The van der Waals surface area contributed by atoms with Crippen LogP contribution in [0.15, 0.2) is 36.4 Å². The summed E-state index contributed by atoms with van der Waals surface area (Å²) in [7, 11) is 1.41. The molecule has 2 heterocycles. The molecule has 3 aliphatic rings. The van der Waals surface area contributed by atoms with E-state index in [4.69, 9.17) is 14.2 Å². The van der Waals surface area contributed by atoms with Crippen molar-refractivity contribution < 1.29 is 29.5 Å². The number of aryl methyl sites for hydroxylation is 1. The summed E-state index contributed by atoms with van der Waals surface area (Å²) in [6, 6.07) is 12.6. The van der Waals surface area contributed by atoms with Gasteiger partial charge in [0.25, 0.3) is 0 Å². The van der Waals surface area contributed by atoms with Crippen molar-refractivity contribution in [1.82, 2.24) is 0 Å². The molecule has 0 aromatic heterocycles. The van der Waals surface area contributed by atoms with Crippen LogP contribution in [0.1, 0.15) is 59.1 Å². The molecule has 1 saturated carbocycles. The van der Waals surface area contributed by atoms with Crippen molar-refractivity contribution in [1.29, 1.82) is 0 Å². The third-order valence-electron chi connectivity index (χ3n) is 6.68. The minimum absolute atomic E-state index is 0.585. The summed E-state index contributed by atoms with van der Waals surface area (Å²) in [4.78, 5) is 0. The highest BCUT2D eigenvalue weighted by atomic mass is 16.7. The second-order valence-electron chi connectivity index (χ2n) is 8.94. The molecule has 1 aliphatic carbocycles. The van der Waals surface area contributed by atoms with Gasteiger partial charge in [-0.2, -0.15) is 0 Å². The molecule has 2 fully saturated rings. The summed E-state index contributed by atoms with van der Waals surface area (Å²) >= 11 is 0. The molecule has 0 amide bonds. The van der Waals surface area contributed by atoms with E-state index in [0.29, 0.717) is 5.92 Å². The summed E-state index contributed by atoms with van der Waals surface area (Å²) in [5, 5.41) is 30.9. The Kier molecular flexibility index (Phi) is 5.75. The van der Waals surface area contributed by atoms with Gasteiger partial charge in [0, 0.05) is 7.11 Å². The van der Waals surface area contributed by atoms with Crippen LogP contribution in [0, 0.1) is 0 Å². The fourth-order valence-electron chi connectivity index (χ4n) is 4.81. The molecule has 3 N–H and O–H groups in total. The summed E-state index contributed by atoms with van der Waals surface area (Å²) in [6.45, 7) is 0.785. The van der Waals surface area contributed by atoms with Crippen LogP contribution in [0.25, 0.3) is 0 Å². The summed E-state index contributed by atoms with van der Waals surface area (Å²) in [5.74, 6) is 1.57. The third-order valence-corrected chi connectivity index (χ3v) is 6.68. The number of benzene rings is 2. The molecule has 5 atom stereocenters. The fraction of sp³-hybridized carbons (Fsp3) is 0.520. The van der Waals surface area contributed by atoms with Gasteiger partial charge in [0.1, 0.15) is 30.2 Å². The molecule has 2 aromatic carbocycles. The number of methoxy groups -OCH3 is 1. The van der Waals surface area contributed by atoms with Crippen molar-refractivity contribution >= 4 is 0 Å². The van der Waals surface area contributed by atoms with Crippen molar-refractivity contribution in [2.75, 3.05) is 13.7 Å². The average molecular weight is 427 g/mol.